The molecule has 0 saturated carbocycles. The number of alkyl halides is 1. The van der Waals surface area contributed by atoms with E-state index >= 15 is 0 Å². The summed E-state index contributed by atoms with van der Waals surface area (Å²) in [7, 11) is 0. The van der Waals surface area contributed by atoms with E-state index in [4.69, 9.17) is 11.6 Å². The first-order valence-corrected chi connectivity index (χ1v) is 7.65. The smallest absolute Gasteiger partial charge is 0.0413 e. The van der Waals surface area contributed by atoms with E-state index in [0.29, 0.717) is 0 Å². The highest BCUT2D eigenvalue weighted by molar-refractivity contribution is 9.10. The van der Waals surface area contributed by atoms with Crippen LogP contribution in [0.2, 0.25) is 0 Å². The SMILES string of the molecule is CCCCC(CC)(CCl)Cc1ccc(Br)cn1. The van der Waals surface area contributed by atoms with E-state index in [9.17, 15) is 0 Å². The monoisotopic (exact) mass is 317 g/mol. The van der Waals surface area contributed by atoms with E-state index in [-0.39, 0.29) is 5.41 Å². The lowest BCUT2D eigenvalue weighted by molar-refractivity contribution is 0.276. The summed E-state index contributed by atoms with van der Waals surface area (Å²) >= 11 is 9.62. The van der Waals surface area contributed by atoms with Crippen molar-refractivity contribution in [2.45, 2.75) is 46.0 Å². The number of hydrogen-bond acceptors (Lipinski definition) is 1. The molecule has 1 nitrogen and oxygen atoms in total. The van der Waals surface area contributed by atoms with Crippen molar-refractivity contribution in [3.05, 3.63) is 28.5 Å². The largest absolute Gasteiger partial charge is 0.260 e. The maximum Gasteiger partial charge on any atom is 0.0413 e. The summed E-state index contributed by atoms with van der Waals surface area (Å²) in [6.45, 7) is 4.46. The van der Waals surface area contributed by atoms with Gasteiger partial charge in [0.1, 0.15) is 0 Å². The second-order valence-corrected chi connectivity index (χ2v) is 5.92. The van der Waals surface area contributed by atoms with Gasteiger partial charge in [0.15, 0.2) is 0 Å². The van der Waals surface area contributed by atoms with Crippen LogP contribution in [0.5, 0.6) is 0 Å². The van der Waals surface area contributed by atoms with Crippen molar-refractivity contribution < 1.29 is 0 Å². The summed E-state index contributed by atoms with van der Waals surface area (Å²) in [5.74, 6) is 0.723. The van der Waals surface area contributed by atoms with E-state index in [1.165, 1.54) is 19.3 Å². The minimum Gasteiger partial charge on any atom is -0.260 e. The van der Waals surface area contributed by atoms with Crippen LogP contribution in [-0.4, -0.2) is 10.9 Å². The molecule has 17 heavy (non-hydrogen) atoms. The number of hydrogen-bond donors (Lipinski definition) is 0. The van der Waals surface area contributed by atoms with Crippen LogP contribution in [-0.2, 0) is 6.42 Å². The third-order valence-electron chi connectivity index (χ3n) is 3.44. The van der Waals surface area contributed by atoms with E-state index in [2.05, 4.69) is 46.9 Å². The predicted molar refractivity (Wildman–Crippen MR) is 78.6 cm³/mol. The quantitative estimate of drug-likeness (QED) is 0.629. The molecule has 0 radical (unpaired) electrons. The first-order valence-electron chi connectivity index (χ1n) is 6.32. The summed E-state index contributed by atoms with van der Waals surface area (Å²) in [6, 6.07) is 4.14. The van der Waals surface area contributed by atoms with Crippen LogP contribution < -0.4 is 0 Å². The average molecular weight is 319 g/mol. The van der Waals surface area contributed by atoms with Gasteiger partial charge in [-0.25, -0.2) is 0 Å². The van der Waals surface area contributed by atoms with Gasteiger partial charge < -0.3 is 0 Å². The van der Waals surface area contributed by atoms with Crippen LogP contribution in [0.1, 0.15) is 45.2 Å². The minimum atomic E-state index is 0.221. The number of rotatable bonds is 7. The molecule has 0 aromatic carbocycles. The summed E-state index contributed by atoms with van der Waals surface area (Å²) < 4.78 is 1.03. The highest BCUT2D eigenvalue weighted by Gasteiger charge is 2.27. The number of unbranched alkanes of at least 4 members (excludes halogenated alkanes) is 1. The van der Waals surface area contributed by atoms with Crippen molar-refractivity contribution in [3.8, 4) is 0 Å². The van der Waals surface area contributed by atoms with E-state index in [1.54, 1.807) is 0 Å². The van der Waals surface area contributed by atoms with Crippen molar-refractivity contribution in [1.82, 2.24) is 4.98 Å². The Morgan fingerprint density at radius 3 is 2.59 bits per heavy atom. The lowest BCUT2D eigenvalue weighted by Crippen LogP contribution is -2.25. The predicted octanol–water partition coefficient (Wildman–Crippen LogP) is 5.21. The minimum absolute atomic E-state index is 0.221. The number of aromatic nitrogens is 1. The summed E-state index contributed by atoms with van der Waals surface area (Å²) in [5.41, 5.74) is 1.37. The van der Waals surface area contributed by atoms with Crippen molar-refractivity contribution >= 4 is 27.5 Å². The molecule has 1 unspecified atom stereocenters. The van der Waals surface area contributed by atoms with Crippen LogP contribution >= 0.6 is 27.5 Å². The highest BCUT2D eigenvalue weighted by Crippen LogP contribution is 2.34. The van der Waals surface area contributed by atoms with Gasteiger partial charge in [0.05, 0.1) is 0 Å². The molecule has 0 N–H and O–H groups in total. The Balaban J connectivity index is 2.74. The van der Waals surface area contributed by atoms with Crippen LogP contribution in [0.15, 0.2) is 22.8 Å². The van der Waals surface area contributed by atoms with Crippen LogP contribution in [0.25, 0.3) is 0 Å². The first kappa shape index (κ1) is 15.0. The summed E-state index contributed by atoms with van der Waals surface area (Å²) in [4.78, 5) is 4.46. The van der Waals surface area contributed by atoms with E-state index < -0.39 is 0 Å². The van der Waals surface area contributed by atoms with Gasteiger partial charge in [0, 0.05) is 22.2 Å². The van der Waals surface area contributed by atoms with Gasteiger partial charge in [-0.15, -0.1) is 11.6 Å². The molecule has 96 valence electrons. The molecule has 0 aliphatic carbocycles. The fourth-order valence-electron chi connectivity index (χ4n) is 2.05. The van der Waals surface area contributed by atoms with E-state index in [1.807, 2.05) is 6.20 Å². The number of pyridine rings is 1. The second kappa shape index (κ2) is 7.38. The molecule has 0 bridgehead atoms. The Morgan fingerprint density at radius 2 is 2.12 bits per heavy atom. The third kappa shape index (κ3) is 4.59. The van der Waals surface area contributed by atoms with Gasteiger partial charge in [-0.05, 0) is 52.7 Å². The van der Waals surface area contributed by atoms with Gasteiger partial charge in [0.25, 0.3) is 0 Å². The zero-order valence-electron chi connectivity index (χ0n) is 10.7. The Hall–Kier alpha value is -0.0800. The molecule has 0 fully saturated rings. The van der Waals surface area contributed by atoms with Crippen LogP contribution in [0.4, 0.5) is 0 Å². The van der Waals surface area contributed by atoms with Gasteiger partial charge in [-0.1, -0.05) is 26.7 Å². The first-order chi connectivity index (χ1) is 8.15. The van der Waals surface area contributed by atoms with Gasteiger partial charge in [-0.3, -0.25) is 4.98 Å². The second-order valence-electron chi connectivity index (χ2n) is 4.74. The molecule has 0 aliphatic rings. The van der Waals surface area contributed by atoms with Gasteiger partial charge in [0.2, 0.25) is 0 Å². The lowest BCUT2D eigenvalue weighted by Gasteiger charge is -2.30. The standard InChI is InChI=1S/C14H21BrClN/c1-3-5-8-14(4-2,11-16)9-13-7-6-12(15)10-17-13/h6-7,10H,3-5,8-9,11H2,1-2H3. The summed E-state index contributed by atoms with van der Waals surface area (Å²) in [5, 5.41) is 0. The molecule has 0 saturated heterocycles. The number of nitrogens with zero attached hydrogens (tertiary/aromatic N) is 1. The van der Waals surface area contributed by atoms with Crippen molar-refractivity contribution in [3.63, 3.8) is 0 Å². The Morgan fingerprint density at radius 1 is 1.35 bits per heavy atom. The molecule has 0 amide bonds. The van der Waals surface area contributed by atoms with Crippen LogP contribution in [0, 0.1) is 5.41 Å². The van der Waals surface area contributed by atoms with Crippen molar-refractivity contribution in [2.24, 2.45) is 5.41 Å². The van der Waals surface area contributed by atoms with Crippen molar-refractivity contribution in [1.29, 1.82) is 0 Å². The molecule has 0 aliphatic heterocycles. The normalized spacial score (nSPS) is 14.6. The molecule has 1 aromatic rings. The van der Waals surface area contributed by atoms with Crippen molar-refractivity contribution in [2.75, 3.05) is 5.88 Å². The zero-order valence-corrected chi connectivity index (χ0v) is 13.0. The third-order valence-corrected chi connectivity index (χ3v) is 4.47. The molecule has 0 spiro atoms. The fourth-order valence-corrected chi connectivity index (χ4v) is 2.70. The number of halogens is 2. The highest BCUT2D eigenvalue weighted by atomic mass is 79.9. The maximum absolute atomic E-state index is 6.20. The average Bonchev–Trinajstić information content (AvgIpc) is 2.37. The van der Waals surface area contributed by atoms with E-state index in [0.717, 1.165) is 28.9 Å². The molecule has 1 heterocycles. The van der Waals surface area contributed by atoms with Gasteiger partial charge in [-0.2, -0.15) is 0 Å². The maximum atomic E-state index is 6.20. The molecule has 1 rings (SSSR count). The molecule has 1 aromatic heterocycles. The zero-order chi connectivity index (χ0) is 12.7. The Bertz CT molecular complexity index is 319. The summed E-state index contributed by atoms with van der Waals surface area (Å²) in [6.07, 6.45) is 7.64. The molecule has 1 atom stereocenters. The molecular formula is C14H21BrClN. The van der Waals surface area contributed by atoms with Crippen LogP contribution in [0.3, 0.4) is 0 Å². The van der Waals surface area contributed by atoms with Gasteiger partial charge >= 0.3 is 0 Å². The lowest BCUT2D eigenvalue weighted by atomic mass is 9.78. The Kier molecular flexibility index (Phi) is 6.50. The fraction of sp³-hybridized carbons (Fsp3) is 0.643. The topological polar surface area (TPSA) is 12.9 Å². The Labute approximate surface area is 118 Å². The molecule has 3 heteroatoms. The molecular weight excluding hydrogens is 298 g/mol.